The van der Waals surface area contributed by atoms with Crippen LogP contribution in [-0.4, -0.2) is 19.2 Å². The van der Waals surface area contributed by atoms with Crippen molar-refractivity contribution in [2.45, 2.75) is 31.8 Å². The molecule has 0 radical (unpaired) electrons. The molecule has 0 saturated carbocycles. The minimum absolute atomic E-state index is 0.00364. The fourth-order valence-electron chi connectivity index (χ4n) is 1.95. The molecule has 0 unspecified atom stereocenters. The van der Waals surface area contributed by atoms with Crippen LogP contribution in [0.15, 0.2) is 24.3 Å². The molecule has 1 aromatic carbocycles. The van der Waals surface area contributed by atoms with Gasteiger partial charge in [-0.3, -0.25) is 0 Å². The average Bonchev–Trinajstić information content (AvgIpc) is 2.29. The van der Waals surface area contributed by atoms with Crippen LogP contribution in [0, 0.1) is 0 Å². The topological polar surface area (TPSA) is 21.3 Å². The molecule has 2 nitrogen and oxygen atoms in total. The second-order valence-corrected chi connectivity index (χ2v) is 4.48. The lowest BCUT2D eigenvalue weighted by molar-refractivity contribution is 0.0170. The Labute approximate surface area is 100.0 Å². The summed E-state index contributed by atoms with van der Waals surface area (Å²) in [7, 11) is 0. The van der Waals surface area contributed by atoms with Gasteiger partial charge in [-0.2, -0.15) is 0 Å². The Morgan fingerprint density at radius 2 is 2.00 bits per heavy atom. The molecule has 1 N–H and O–H groups in total. The van der Waals surface area contributed by atoms with Crippen molar-refractivity contribution in [2.24, 2.45) is 0 Å². The van der Waals surface area contributed by atoms with Gasteiger partial charge in [-0.25, -0.2) is 8.78 Å². The zero-order valence-electron chi connectivity index (χ0n) is 9.88. The van der Waals surface area contributed by atoms with Gasteiger partial charge in [-0.1, -0.05) is 12.1 Å². The SMILES string of the molecule is CC(F)(F)c1cccc(OC2CCNCC2)c1. The maximum Gasteiger partial charge on any atom is 0.270 e. The van der Waals surface area contributed by atoms with Crippen molar-refractivity contribution in [1.29, 1.82) is 0 Å². The summed E-state index contributed by atoms with van der Waals surface area (Å²) < 4.78 is 32.0. The van der Waals surface area contributed by atoms with Gasteiger partial charge in [0.05, 0.1) is 0 Å². The number of hydrogen-bond acceptors (Lipinski definition) is 2. The Kier molecular flexibility index (Phi) is 3.62. The zero-order valence-corrected chi connectivity index (χ0v) is 9.88. The van der Waals surface area contributed by atoms with E-state index in [1.807, 2.05) is 0 Å². The highest BCUT2D eigenvalue weighted by atomic mass is 19.3. The van der Waals surface area contributed by atoms with E-state index in [0.29, 0.717) is 5.75 Å². The number of nitrogens with one attached hydrogen (secondary N) is 1. The predicted octanol–water partition coefficient (Wildman–Crippen LogP) is 2.93. The number of piperidine rings is 1. The summed E-state index contributed by atoms with van der Waals surface area (Å²) in [5.74, 6) is -2.27. The van der Waals surface area contributed by atoms with Crippen LogP contribution >= 0.6 is 0 Å². The van der Waals surface area contributed by atoms with Crippen LogP contribution in [-0.2, 0) is 5.92 Å². The van der Waals surface area contributed by atoms with Crippen LogP contribution in [0.25, 0.3) is 0 Å². The number of rotatable bonds is 3. The third-order valence-corrected chi connectivity index (χ3v) is 2.93. The molecule has 0 bridgehead atoms. The smallest absolute Gasteiger partial charge is 0.270 e. The molecule has 1 saturated heterocycles. The number of benzene rings is 1. The second-order valence-electron chi connectivity index (χ2n) is 4.48. The predicted molar refractivity (Wildman–Crippen MR) is 62.5 cm³/mol. The molecule has 0 spiro atoms. The highest BCUT2D eigenvalue weighted by Gasteiger charge is 2.24. The third-order valence-electron chi connectivity index (χ3n) is 2.93. The first-order chi connectivity index (χ1) is 8.05. The van der Waals surface area contributed by atoms with Crippen LogP contribution in [0.5, 0.6) is 5.75 Å². The molecule has 1 aliphatic heterocycles. The van der Waals surface area contributed by atoms with Gasteiger partial charge in [-0.15, -0.1) is 0 Å². The Morgan fingerprint density at radius 1 is 1.29 bits per heavy atom. The molecular weight excluding hydrogens is 224 g/mol. The summed E-state index contributed by atoms with van der Waals surface area (Å²) in [4.78, 5) is 0. The molecule has 0 aliphatic carbocycles. The summed E-state index contributed by atoms with van der Waals surface area (Å²) in [5.41, 5.74) is 0.00364. The molecule has 0 amide bonds. The lowest BCUT2D eigenvalue weighted by Crippen LogP contribution is -2.34. The van der Waals surface area contributed by atoms with E-state index in [4.69, 9.17) is 4.74 Å². The van der Waals surface area contributed by atoms with Gasteiger partial charge in [0.2, 0.25) is 0 Å². The Hall–Kier alpha value is -1.16. The average molecular weight is 241 g/mol. The van der Waals surface area contributed by atoms with Crippen LogP contribution in [0.3, 0.4) is 0 Å². The van der Waals surface area contributed by atoms with Gasteiger partial charge < -0.3 is 10.1 Å². The van der Waals surface area contributed by atoms with Crippen molar-refractivity contribution < 1.29 is 13.5 Å². The minimum Gasteiger partial charge on any atom is -0.490 e. The molecule has 1 aliphatic rings. The molecule has 1 aromatic rings. The van der Waals surface area contributed by atoms with E-state index in [1.165, 1.54) is 12.1 Å². The molecule has 0 aromatic heterocycles. The molecule has 1 fully saturated rings. The molecular formula is C13H17F2NO. The van der Waals surface area contributed by atoms with Crippen molar-refractivity contribution in [3.8, 4) is 5.75 Å². The van der Waals surface area contributed by atoms with Crippen molar-refractivity contribution in [1.82, 2.24) is 5.32 Å². The van der Waals surface area contributed by atoms with Crippen LogP contribution in [0.4, 0.5) is 8.78 Å². The van der Waals surface area contributed by atoms with Gasteiger partial charge in [-0.05, 0) is 38.1 Å². The van der Waals surface area contributed by atoms with E-state index in [9.17, 15) is 8.78 Å². The van der Waals surface area contributed by atoms with Crippen molar-refractivity contribution in [3.05, 3.63) is 29.8 Å². The summed E-state index contributed by atoms with van der Waals surface area (Å²) >= 11 is 0. The highest BCUT2D eigenvalue weighted by molar-refractivity contribution is 5.31. The Balaban J connectivity index is 2.05. The van der Waals surface area contributed by atoms with Gasteiger partial charge >= 0.3 is 0 Å². The van der Waals surface area contributed by atoms with Crippen molar-refractivity contribution in [2.75, 3.05) is 13.1 Å². The van der Waals surface area contributed by atoms with Crippen molar-refractivity contribution >= 4 is 0 Å². The minimum atomic E-state index is -2.81. The van der Waals surface area contributed by atoms with Gasteiger partial charge in [0.15, 0.2) is 0 Å². The maximum atomic E-state index is 13.1. The normalized spacial score (nSPS) is 18.1. The first-order valence-corrected chi connectivity index (χ1v) is 5.91. The number of ether oxygens (including phenoxy) is 1. The summed E-state index contributed by atoms with van der Waals surface area (Å²) in [5, 5.41) is 3.24. The summed E-state index contributed by atoms with van der Waals surface area (Å²) in [6.07, 6.45) is 1.98. The molecule has 2 rings (SSSR count). The van der Waals surface area contributed by atoms with Crippen molar-refractivity contribution in [3.63, 3.8) is 0 Å². The molecule has 0 atom stereocenters. The zero-order chi connectivity index (χ0) is 12.3. The van der Waals surface area contributed by atoms with Gasteiger partial charge in [0.1, 0.15) is 11.9 Å². The standard InChI is InChI=1S/C13H17F2NO/c1-13(14,15)10-3-2-4-12(9-10)17-11-5-7-16-8-6-11/h2-4,9,11,16H,5-8H2,1H3. The molecule has 94 valence electrons. The van der Waals surface area contributed by atoms with E-state index in [-0.39, 0.29) is 11.7 Å². The van der Waals surface area contributed by atoms with Crippen LogP contribution in [0.2, 0.25) is 0 Å². The van der Waals surface area contributed by atoms with Gasteiger partial charge in [0.25, 0.3) is 5.92 Å². The Morgan fingerprint density at radius 3 is 2.65 bits per heavy atom. The highest BCUT2D eigenvalue weighted by Crippen LogP contribution is 2.30. The number of halogens is 2. The van der Waals surface area contributed by atoms with Gasteiger partial charge in [0, 0.05) is 12.5 Å². The monoisotopic (exact) mass is 241 g/mol. The quantitative estimate of drug-likeness (QED) is 0.878. The Bertz CT molecular complexity index is 370. The number of hydrogen-bond donors (Lipinski definition) is 1. The lowest BCUT2D eigenvalue weighted by atomic mass is 10.1. The van der Waals surface area contributed by atoms with Crippen LogP contribution < -0.4 is 10.1 Å². The van der Waals surface area contributed by atoms with Crippen LogP contribution in [0.1, 0.15) is 25.3 Å². The number of alkyl halides is 2. The van der Waals surface area contributed by atoms with E-state index in [0.717, 1.165) is 32.9 Å². The first kappa shape index (κ1) is 12.3. The van der Waals surface area contributed by atoms with E-state index in [2.05, 4.69) is 5.32 Å². The molecule has 17 heavy (non-hydrogen) atoms. The third kappa shape index (κ3) is 3.40. The second kappa shape index (κ2) is 5.00. The maximum absolute atomic E-state index is 13.1. The van der Waals surface area contributed by atoms with E-state index < -0.39 is 5.92 Å². The lowest BCUT2D eigenvalue weighted by Gasteiger charge is -2.24. The molecule has 4 heteroatoms. The largest absolute Gasteiger partial charge is 0.490 e. The molecule has 1 heterocycles. The fourth-order valence-corrected chi connectivity index (χ4v) is 1.95. The summed E-state index contributed by atoms with van der Waals surface area (Å²) in [6.45, 7) is 2.75. The van der Waals surface area contributed by atoms with E-state index in [1.54, 1.807) is 12.1 Å². The fraction of sp³-hybridized carbons (Fsp3) is 0.538. The summed E-state index contributed by atoms with van der Waals surface area (Å²) in [6, 6.07) is 6.21. The van der Waals surface area contributed by atoms with E-state index >= 15 is 0 Å². The first-order valence-electron chi connectivity index (χ1n) is 5.91.